The molecule has 0 amide bonds. The molecule has 0 bridgehead atoms. The van der Waals surface area contributed by atoms with Gasteiger partial charge in [-0.2, -0.15) is 0 Å². The minimum atomic E-state index is -0.272. The van der Waals surface area contributed by atoms with Crippen molar-refractivity contribution >= 4 is 11.2 Å². The van der Waals surface area contributed by atoms with Gasteiger partial charge in [-0.15, -0.1) is 0 Å². The van der Waals surface area contributed by atoms with Crippen LogP contribution in [-0.4, -0.2) is 20.6 Å². The number of aromatic amines is 2. The highest BCUT2D eigenvalue weighted by Gasteiger charge is 2.30. The minimum absolute atomic E-state index is 0.107. The van der Waals surface area contributed by atoms with Crippen LogP contribution in [0.15, 0.2) is 35.1 Å². The molecule has 2 aromatic heterocycles. The molecular formula is C17H17N3O2. The van der Waals surface area contributed by atoms with Crippen LogP contribution in [0.3, 0.4) is 0 Å². The zero-order valence-corrected chi connectivity index (χ0v) is 12.6. The normalized spacial score (nSPS) is 16.6. The van der Waals surface area contributed by atoms with Gasteiger partial charge < -0.3 is 14.7 Å². The Kier molecular flexibility index (Phi) is 2.74. The zero-order chi connectivity index (χ0) is 15.3. The monoisotopic (exact) mass is 295 g/mol. The van der Waals surface area contributed by atoms with Crippen LogP contribution < -0.4 is 5.56 Å². The number of pyridine rings is 1. The SMILES string of the molecule is CC1(C)Cc2c(c(=O)[nH]c3nc(-c4ccccc4)[nH]c23)CO1. The molecule has 0 radical (unpaired) electrons. The number of nitrogens with zero attached hydrogens (tertiary/aromatic N) is 1. The van der Waals surface area contributed by atoms with Gasteiger partial charge in [0.25, 0.3) is 5.56 Å². The molecular weight excluding hydrogens is 278 g/mol. The van der Waals surface area contributed by atoms with Crippen LogP contribution in [0.4, 0.5) is 0 Å². The van der Waals surface area contributed by atoms with Gasteiger partial charge in [0.2, 0.25) is 0 Å². The van der Waals surface area contributed by atoms with Gasteiger partial charge in [-0.1, -0.05) is 30.3 Å². The summed E-state index contributed by atoms with van der Waals surface area (Å²) in [4.78, 5) is 23.0. The highest BCUT2D eigenvalue weighted by atomic mass is 16.5. The van der Waals surface area contributed by atoms with Crippen LogP contribution in [-0.2, 0) is 17.8 Å². The van der Waals surface area contributed by atoms with Crippen molar-refractivity contribution in [2.75, 3.05) is 0 Å². The van der Waals surface area contributed by atoms with E-state index >= 15 is 0 Å². The molecule has 5 nitrogen and oxygen atoms in total. The number of fused-ring (bicyclic) bond motifs is 3. The minimum Gasteiger partial charge on any atom is -0.370 e. The van der Waals surface area contributed by atoms with Crippen molar-refractivity contribution < 1.29 is 4.74 Å². The first kappa shape index (κ1) is 13.3. The van der Waals surface area contributed by atoms with E-state index in [1.54, 1.807) is 0 Å². The Morgan fingerprint density at radius 2 is 1.91 bits per heavy atom. The van der Waals surface area contributed by atoms with Crippen LogP contribution in [0.5, 0.6) is 0 Å². The molecule has 22 heavy (non-hydrogen) atoms. The molecule has 1 aromatic carbocycles. The Morgan fingerprint density at radius 1 is 1.14 bits per heavy atom. The van der Waals surface area contributed by atoms with E-state index in [1.807, 2.05) is 44.2 Å². The summed E-state index contributed by atoms with van der Waals surface area (Å²) >= 11 is 0. The molecule has 0 spiro atoms. The van der Waals surface area contributed by atoms with Gasteiger partial charge in [0.15, 0.2) is 5.65 Å². The third kappa shape index (κ3) is 2.05. The molecule has 4 rings (SSSR count). The Morgan fingerprint density at radius 3 is 2.68 bits per heavy atom. The Hall–Kier alpha value is -2.40. The third-order valence-electron chi connectivity index (χ3n) is 4.13. The standard InChI is InChI=1S/C17H17N3O2/c1-17(2)8-11-12(9-22-17)16(21)20-15-13(11)18-14(19-15)10-6-4-3-5-7-10/h3-7H,8-9H2,1-2H3,(H2,18,19,20,21). The van der Waals surface area contributed by atoms with E-state index in [-0.39, 0.29) is 11.2 Å². The van der Waals surface area contributed by atoms with Crippen LogP contribution >= 0.6 is 0 Å². The number of rotatable bonds is 1. The second-order valence-electron chi connectivity index (χ2n) is 6.31. The molecule has 0 unspecified atom stereocenters. The molecule has 0 aliphatic carbocycles. The lowest BCUT2D eigenvalue weighted by Gasteiger charge is -2.31. The molecule has 0 fully saturated rings. The van der Waals surface area contributed by atoms with Crippen molar-refractivity contribution in [2.24, 2.45) is 0 Å². The van der Waals surface area contributed by atoms with E-state index in [0.29, 0.717) is 24.2 Å². The lowest BCUT2D eigenvalue weighted by atomic mass is 9.92. The van der Waals surface area contributed by atoms with Gasteiger partial charge in [-0.25, -0.2) is 4.98 Å². The Bertz CT molecular complexity index is 907. The first-order valence-electron chi connectivity index (χ1n) is 7.37. The quantitative estimate of drug-likeness (QED) is 0.725. The van der Waals surface area contributed by atoms with Crippen molar-refractivity contribution in [1.82, 2.24) is 15.0 Å². The number of hydrogen-bond donors (Lipinski definition) is 2. The smallest absolute Gasteiger partial charge is 0.255 e. The lowest BCUT2D eigenvalue weighted by Crippen LogP contribution is -2.35. The maximum absolute atomic E-state index is 12.2. The van der Waals surface area contributed by atoms with Crippen LogP contribution in [0.2, 0.25) is 0 Å². The van der Waals surface area contributed by atoms with Crippen LogP contribution in [0, 0.1) is 0 Å². The highest BCUT2D eigenvalue weighted by Crippen LogP contribution is 2.30. The van der Waals surface area contributed by atoms with Gasteiger partial charge >= 0.3 is 0 Å². The first-order chi connectivity index (χ1) is 10.5. The van der Waals surface area contributed by atoms with Crippen molar-refractivity contribution in [2.45, 2.75) is 32.5 Å². The maximum Gasteiger partial charge on any atom is 0.255 e. The molecule has 3 heterocycles. The number of aromatic nitrogens is 3. The van der Waals surface area contributed by atoms with E-state index in [2.05, 4.69) is 15.0 Å². The van der Waals surface area contributed by atoms with Crippen LogP contribution in [0.25, 0.3) is 22.6 Å². The van der Waals surface area contributed by atoms with E-state index in [0.717, 1.165) is 22.5 Å². The predicted octanol–water partition coefficient (Wildman–Crippen LogP) is 2.77. The predicted molar refractivity (Wildman–Crippen MR) is 84.7 cm³/mol. The fourth-order valence-corrected chi connectivity index (χ4v) is 2.98. The first-order valence-corrected chi connectivity index (χ1v) is 7.37. The number of benzene rings is 1. The molecule has 0 saturated carbocycles. The number of H-pyrrole nitrogens is 2. The van der Waals surface area contributed by atoms with Crippen molar-refractivity contribution in [1.29, 1.82) is 0 Å². The largest absolute Gasteiger partial charge is 0.370 e. The van der Waals surface area contributed by atoms with Gasteiger partial charge in [-0.05, 0) is 19.4 Å². The fourth-order valence-electron chi connectivity index (χ4n) is 2.98. The summed E-state index contributed by atoms with van der Waals surface area (Å²) in [5, 5.41) is 0. The third-order valence-corrected chi connectivity index (χ3v) is 4.13. The molecule has 1 aliphatic heterocycles. The van der Waals surface area contributed by atoms with E-state index in [9.17, 15) is 4.79 Å². The number of hydrogen-bond acceptors (Lipinski definition) is 3. The van der Waals surface area contributed by atoms with Gasteiger partial charge in [0.1, 0.15) is 5.82 Å². The molecule has 5 heteroatoms. The summed E-state index contributed by atoms with van der Waals surface area (Å²) in [6.07, 6.45) is 0.694. The van der Waals surface area contributed by atoms with E-state index in [4.69, 9.17) is 4.74 Å². The summed E-state index contributed by atoms with van der Waals surface area (Å²) < 4.78 is 5.76. The van der Waals surface area contributed by atoms with Gasteiger partial charge in [0, 0.05) is 17.5 Å². The Balaban J connectivity index is 1.96. The topological polar surface area (TPSA) is 70.8 Å². The van der Waals surface area contributed by atoms with Crippen molar-refractivity contribution in [3.8, 4) is 11.4 Å². The summed E-state index contributed by atoms with van der Waals surface area (Å²) in [5.74, 6) is 0.768. The molecule has 3 aromatic rings. The number of imidazole rings is 1. The van der Waals surface area contributed by atoms with Gasteiger partial charge in [-0.3, -0.25) is 4.79 Å². The lowest BCUT2D eigenvalue weighted by molar-refractivity contribution is -0.0403. The second kappa shape index (κ2) is 4.55. The summed E-state index contributed by atoms with van der Waals surface area (Å²) in [6.45, 7) is 4.42. The van der Waals surface area contributed by atoms with Crippen molar-refractivity contribution in [3.05, 3.63) is 51.8 Å². The van der Waals surface area contributed by atoms with E-state index in [1.165, 1.54) is 0 Å². The average Bonchev–Trinajstić information content (AvgIpc) is 2.91. The summed E-state index contributed by atoms with van der Waals surface area (Å²) in [6, 6.07) is 9.90. The molecule has 0 saturated heterocycles. The van der Waals surface area contributed by atoms with Gasteiger partial charge in [0.05, 0.1) is 17.7 Å². The summed E-state index contributed by atoms with van der Waals surface area (Å²) in [5.41, 5.74) is 3.86. The zero-order valence-electron chi connectivity index (χ0n) is 12.6. The van der Waals surface area contributed by atoms with Crippen LogP contribution in [0.1, 0.15) is 25.0 Å². The summed E-state index contributed by atoms with van der Waals surface area (Å²) in [7, 11) is 0. The van der Waals surface area contributed by atoms with Crippen molar-refractivity contribution in [3.63, 3.8) is 0 Å². The molecule has 0 atom stereocenters. The second-order valence-corrected chi connectivity index (χ2v) is 6.31. The number of nitrogens with one attached hydrogen (secondary N) is 2. The Labute approximate surface area is 127 Å². The molecule has 2 N–H and O–H groups in total. The highest BCUT2D eigenvalue weighted by molar-refractivity contribution is 5.80. The van der Waals surface area contributed by atoms with E-state index < -0.39 is 0 Å². The number of ether oxygens (including phenoxy) is 1. The fraction of sp³-hybridized carbons (Fsp3) is 0.294. The average molecular weight is 295 g/mol. The maximum atomic E-state index is 12.2. The molecule has 112 valence electrons. The molecule has 1 aliphatic rings.